The molecule has 2 N–H and O–H groups in total. The van der Waals surface area contributed by atoms with Crippen molar-refractivity contribution < 1.29 is 13.2 Å². The van der Waals surface area contributed by atoms with E-state index >= 15 is 0 Å². The van der Waals surface area contributed by atoms with Gasteiger partial charge >= 0.3 is 6.03 Å². The van der Waals surface area contributed by atoms with Gasteiger partial charge in [0, 0.05) is 44.9 Å². The molecule has 8 nitrogen and oxygen atoms in total. The van der Waals surface area contributed by atoms with Crippen molar-refractivity contribution in [3.05, 3.63) is 90.9 Å². The number of carbonyl (C=O) groups is 1. The summed E-state index contributed by atoms with van der Waals surface area (Å²) in [6.45, 7) is 4.03. The average Bonchev–Trinajstić information content (AvgIpc) is 2.79. The normalized spacial score (nSPS) is 11.9. The van der Waals surface area contributed by atoms with Crippen molar-refractivity contribution in [3.8, 4) is 0 Å². The van der Waals surface area contributed by atoms with Crippen LogP contribution in [0.2, 0.25) is 0 Å². The zero-order chi connectivity index (χ0) is 23.1. The molecule has 3 aromatic rings. The molecule has 0 saturated heterocycles. The van der Waals surface area contributed by atoms with E-state index in [1.165, 1.54) is 18.2 Å². The molecule has 1 atom stereocenters. The summed E-state index contributed by atoms with van der Waals surface area (Å²) in [5.41, 5.74) is 1.87. The minimum atomic E-state index is -3.74. The maximum absolute atomic E-state index is 13.2. The quantitative estimate of drug-likeness (QED) is 0.508. The van der Waals surface area contributed by atoms with Crippen LogP contribution in [0.5, 0.6) is 0 Å². The van der Waals surface area contributed by atoms with Gasteiger partial charge in [-0.05, 0) is 47.5 Å². The van der Waals surface area contributed by atoms with Crippen molar-refractivity contribution in [2.24, 2.45) is 0 Å². The van der Waals surface area contributed by atoms with E-state index in [1.807, 2.05) is 25.1 Å². The Morgan fingerprint density at radius 3 is 2.44 bits per heavy atom. The maximum Gasteiger partial charge on any atom is 0.319 e. The van der Waals surface area contributed by atoms with E-state index in [-0.39, 0.29) is 4.90 Å². The molecule has 0 fully saturated rings. The number of urea groups is 1. The molecule has 0 aliphatic heterocycles. The fourth-order valence-corrected chi connectivity index (χ4v) is 4.57. The van der Waals surface area contributed by atoms with Gasteiger partial charge in [0.15, 0.2) is 9.84 Å². The lowest BCUT2D eigenvalue weighted by atomic mass is 10.2. The molecule has 0 saturated carbocycles. The van der Waals surface area contributed by atoms with E-state index in [9.17, 15) is 13.2 Å². The first-order valence-corrected chi connectivity index (χ1v) is 11.4. The average molecular weight is 452 g/mol. The number of pyridine rings is 2. The molecular weight excluding hydrogens is 426 g/mol. The maximum atomic E-state index is 13.2. The second kappa shape index (κ2) is 10.1. The number of nitrogens with zero attached hydrogens (tertiary/aromatic N) is 3. The van der Waals surface area contributed by atoms with Crippen LogP contribution >= 0.6 is 0 Å². The van der Waals surface area contributed by atoms with E-state index < -0.39 is 21.1 Å². The number of hydrogen-bond acceptors (Lipinski definition) is 6. The third-order valence-electron chi connectivity index (χ3n) is 4.72. The van der Waals surface area contributed by atoms with Crippen LogP contribution in [0.15, 0.2) is 84.7 Å². The van der Waals surface area contributed by atoms with Crippen LogP contribution in [0.3, 0.4) is 0 Å². The number of anilines is 2. The second-order valence-corrected chi connectivity index (χ2v) is 9.31. The number of amides is 2. The Morgan fingerprint density at radius 1 is 1.12 bits per heavy atom. The molecular formula is C23H25N5O3S. The Bertz CT molecular complexity index is 1160. The van der Waals surface area contributed by atoms with Crippen LogP contribution in [0, 0.1) is 0 Å². The lowest BCUT2D eigenvalue weighted by Gasteiger charge is -2.16. The highest BCUT2D eigenvalue weighted by Gasteiger charge is 2.27. The Hall–Kier alpha value is -3.72. The van der Waals surface area contributed by atoms with Crippen molar-refractivity contribution in [1.82, 2.24) is 15.3 Å². The molecule has 2 aromatic heterocycles. The summed E-state index contributed by atoms with van der Waals surface area (Å²) in [7, 11) is -0.0165. The predicted molar refractivity (Wildman–Crippen MR) is 125 cm³/mol. The fraction of sp³-hybridized carbons (Fsp3) is 0.174. The number of carbonyl (C=O) groups excluding carboxylic acids is 1. The SMILES string of the molecule is C=CC(c1ccc(N(C)C)nc1)S(=O)(=O)c1ccc(NC(=O)NCc2cccnc2)cc1. The molecule has 2 amide bonds. The minimum absolute atomic E-state index is 0.125. The number of benzene rings is 1. The van der Waals surface area contributed by atoms with Gasteiger partial charge < -0.3 is 15.5 Å². The van der Waals surface area contributed by atoms with Gasteiger partial charge in [0.1, 0.15) is 11.1 Å². The number of sulfone groups is 1. The third kappa shape index (κ3) is 5.50. The van der Waals surface area contributed by atoms with Crippen LogP contribution in [0.1, 0.15) is 16.4 Å². The van der Waals surface area contributed by atoms with Crippen LogP contribution < -0.4 is 15.5 Å². The smallest absolute Gasteiger partial charge is 0.319 e. The van der Waals surface area contributed by atoms with Crippen molar-refractivity contribution in [2.75, 3.05) is 24.3 Å². The van der Waals surface area contributed by atoms with E-state index in [0.29, 0.717) is 17.8 Å². The fourth-order valence-electron chi connectivity index (χ4n) is 3.01. The zero-order valence-corrected chi connectivity index (χ0v) is 18.7. The summed E-state index contributed by atoms with van der Waals surface area (Å²) in [6.07, 6.45) is 6.26. The van der Waals surface area contributed by atoms with Gasteiger partial charge in [0.25, 0.3) is 0 Å². The molecule has 9 heteroatoms. The second-order valence-electron chi connectivity index (χ2n) is 7.24. The third-order valence-corrected chi connectivity index (χ3v) is 6.78. The van der Waals surface area contributed by atoms with Crippen LogP contribution in [-0.2, 0) is 16.4 Å². The lowest BCUT2D eigenvalue weighted by Crippen LogP contribution is -2.28. The molecule has 0 spiro atoms. The molecule has 32 heavy (non-hydrogen) atoms. The Morgan fingerprint density at radius 2 is 1.88 bits per heavy atom. The Labute approximate surface area is 187 Å². The van der Waals surface area contributed by atoms with Crippen LogP contribution in [0.4, 0.5) is 16.3 Å². The summed E-state index contributed by atoms with van der Waals surface area (Å²) in [4.78, 5) is 22.3. The Kier molecular flexibility index (Phi) is 7.21. The highest BCUT2D eigenvalue weighted by atomic mass is 32.2. The molecule has 1 unspecified atom stereocenters. The molecule has 0 aliphatic carbocycles. The van der Waals surface area contributed by atoms with Crippen molar-refractivity contribution >= 4 is 27.4 Å². The van der Waals surface area contributed by atoms with Crippen LogP contribution in [-0.4, -0.2) is 38.5 Å². The van der Waals surface area contributed by atoms with Gasteiger partial charge in [-0.3, -0.25) is 4.98 Å². The van der Waals surface area contributed by atoms with E-state index in [1.54, 1.807) is 48.9 Å². The number of nitrogens with one attached hydrogen (secondary N) is 2. The zero-order valence-electron chi connectivity index (χ0n) is 17.9. The number of hydrogen-bond donors (Lipinski definition) is 2. The summed E-state index contributed by atoms with van der Waals surface area (Å²) in [6, 6.07) is 12.7. The topological polar surface area (TPSA) is 104 Å². The molecule has 1 aromatic carbocycles. The van der Waals surface area contributed by atoms with E-state index in [2.05, 4.69) is 27.2 Å². The van der Waals surface area contributed by atoms with E-state index in [0.717, 1.165) is 11.4 Å². The highest BCUT2D eigenvalue weighted by Crippen LogP contribution is 2.30. The molecule has 2 heterocycles. The molecule has 0 bridgehead atoms. The predicted octanol–water partition coefficient (Wildman–Crippen LogP) is 3.57. The van der Waals surface area contributed by atoms with Gasteiger partial charge in [-0.15, -0.1) is 6.58 Å². The first-order valence-electron chi connectivity index (χ1n) is 9.85. The van der Waals surface area contributed by atoms with Gasteiger partial charge in [-0.2, -0.15) is 0 Å². The van der Waals surface area contributed by atoms with Gasteiger partial charge in [0.2, 0.25) is 0 Å². The van der Waals surface area contributed by atoms with Crippen molar-refractivity contribution in [2.45, 2.75) is 16.7 Å². The lowest BCUT2D eigenvalue weighted by molar-refractivity contribution is 0.251. The first-order chi connectivity index (χ1) is 15.3. The minimum Gasteiger partial charge on any atom is -0.363 e. The van der Waals surface area contributed by atoms with Crippen molar-refractivity contribution in [1.29, 1.82) is 0 Å². The standard InChI is InChI=1S/C23H25N5O3S/c1-4-21(18-7-12-22(25-16-18)28(2)3)32(30,31)20-10-8-19(9-11-20)27-23(29)26-15-17-6-5-13-24-14-17/h4-14,16,21H,1,15H2,2-3H3,(H2,26,27,29). The Balaban J connectivity index is 1.69. The number of aromatic nitrogens is 2. The van der Waals surface area contributed by atoms with Crippen LogP contribution in [0.25, 0.3) is 0 Å². The highest BCUT2D eigenvalue weighted by molar-refractivity contribution is 7.91. The molecule has 3 rings (SSSR count). The van der Waals surface area contributed by atoms with Gasteiger partial charge in [0.05, 0.1) is 4.90 Å². The summed E-state index contributed by atoms with van der Waals surface area (Å²) < 4.78 is 26.3. The summed E-state index contributed by atoms with van der Waals surface area (Å²) in [5.74, 6) is 0.728. The van der Waals surface area contributed by atoms with Crippen molar-refractivity contribution in [3.63, 3.8) is 0 Å². The monoisotopic (exact) mass is 451 g/mol. The molecule has 166 valence electrons. The summed E-state index contributed by atoms with van der Waals surface area (Å²) >= 11 is 0. The molecule has 0 aliphatic rings. The largest absolute Gasteiger partial charge is 0.363 e. The summed E-state index contributed by atoms with van der Waals surface area (Å²) in [5, 5.41) is 4.47. The number of rotatable bonds is 8. The van der Waals surface area contributed by atoms with E-state index in [4.69, 9.17) is 0 Å². The van der Waals surface area contributed by atoms with Gasteiger partial charge in [-0.25, -0.2) is 18.2 Å². The first kappa shape index (κ1) is 23.0. The molecule has 0 radical (unpaired) electrons. The van der Waals surface area contributed by atoms with Gasteiger partial charge in [-0.1, -0.05) is 18.2 Å².